The number of hydrogen-bond donors (Lipinski definition) is 1. The van der Waals surface area contributed by atoms with Crippen LogP contribution in [0.5, 0.6) is 0 Å². The largest absolute Gasteiger partial charge is 0.334 e. The summed E-state index contributed by atoms with van der Waals surface area (Å²) in [5.41, 5.74) is 0. The molecule has 1 N–H and O–H groups in total. The van der Waals surface area contributed by atoms with Gasteiger partial charge in [-0.3, -0.25) is 4.79 Å². The van der Waals surface area contributed by atoms with Gasteiger partial charge in [-0.1, -0.05) is 0 Å². The van der Waals surface area contributed by atoms with E-state index in [4.69, 9.17) is 0 Å². The van der Waals surface area contributed by atoms with Gasteiger partial charge >= 0.3 is 0 Å². The molecule has 0 aromatic carbocycles. The van der Waals surface area contributed by atoms with E-state index in [1.165, 1.54) is 12.8 Å². The van der Waals surface area contributed by atoms with Gasteiger partial charge in [0.15, 0.2) is 5.82 Å². The fourth-order valence-corrected chi connectivity index (χ4v) is 2.62. The third-order valence-corrected chi connectivity index (χ3v) is 3.91. The highest BCUT2D eigenvalue weighted by molar-refractivity contribution is 5.82. The Kier molecular flexibility index (Phi) is 3.50. The molecule has 2 heterocycles. The molecule has 1 amide bonds. The molecule has 1 unspecified atom stereocenters. The van der Waals surface area contributed by atoms with Gasteiger partial charge in [-0.15, -0.1) is 10.2 Å². The van der Waals surface area contributed by atoms with Crippen molar-refractivity contribution < 1.29 is 4.79 Å². The van der Waals surface area contributed by atoms with Gasteiger partial charge in [0.25, 0.3) is 0 Å². The highest BCUT2D eigenvalue weighted by Gasteiger charge is 2.33. The van der Waals surface area contributed by atoms with Crippen LogP contribution in [0.1, 0.15) is 38.4 Å². The number of carbonyl (C=O) groups is 1. The van der Waals surface area contributed by atoms with E-state index in [9.17, 15) is 4.79 Å². The number of piperidine rings is 1. The first kappa shape index (κ1) is 12.6. The summed E-state index contributed by atoms with van der Waals surface area (Å²) >= 11 is 0. The molecule has 2 aliphatic rings. The second-order valence-electron chi connectivity index (χ2n) is 5.43. The molecule has 0 spiro atoms. The molecule has 6 nitrogen and oxygen atoms in total. The van der Waals surface area contributed by atoms with Gasteiger partial charge in [-0.25, -0.2) is 0 Å². The summed E-state index contributed by atoms with van der Waals surface area (Å²) in [5, 5.41) is 11.5. The predicted molar refractivity (Wildman–Crippen MR) is 70.3 cm³/mol. The number of nitrogens with zero attached hydrogens (tertiary/aromatic N) is 4. The SMILES string of the molecule is CCn1cnnc1CN1CCCC(NC2CC2)C1=O. The fraction of sp³-hybridized carbons (Fsp3) is 0.769. The Morgan fingerprint density at radius 2 is 2.26 bits per heavy atom. The smallest absolute Gasteiger partial charge is 0.240 e. The van der Waals surface area contributed by atoms with Crippen LogP contribution in [0.15, 0.2) is 6.33 Å². The minimum absolute atomic E-state index is 0.0132. The maximum absolute atomic E-state index is 12.4. The van der Waals surface area contributed by atoms with Crippen molar-refractivity contribution in [3.8, 4) is 0 Å². The number of nitrogens with one attached hydrogen (secondary N) is 1. The maximum Gasteiger partial charge on any atom is 0.240 e. The van der Waals surface area contributed by atoms with Crippen LogP contribution >= 0.6 is 0 Å². The Labute approximate surface area is 113 Å². The summed E-state index contributed by atoms with van der Waals surface area (Å²) in [6.45, 7) is 4.31. The average Bonchev–Trinajstić information content (AvgIpc) is 3.11. The average molecular weight is 263 g/mol. The first-order valence-corrected chi connectivity index (χ1v) is 7.19. The van der Waals surface area contributed by atoms with E-state index < -0.39 is 0 Å². The second-order valence-corrected chi connectivity index (χ2v) is 5.43. The first-order chi connectivity index (χ1) is 9.28. The van der Waals surface area contributed by atoms with Gasteiger partial charge in [-0.2, -0.15) is 0 Å². The minimum Gasteiger partial charge on any atom is -0.334 e. The van der Waals surface area contributed by atoms with Gasteiger partial charge < -0.3 is 14.8 Å². The van der Waals surface area contributed by atoms with Crippen LogP contribution in [0, 0.1) is 0 Å². The molecule has 1 aliphatic heterocycles. The number of rotatable bonds is 5. The van der Waals surface area contributed by atoms with E-state index in [1.54, 1.807) is 6.33 Å². The Morgan fingerprint density at radius 1 is 1.42 bits per heavy atom. The molecule has 0 bridgehead atoms. The molecule has 104 valence electrons. The summed E-state index contributed by atoms with van der Waals surface area (Å²) < 4.78 is 1.99. The number of hydrogen-bond acceptors (Lipinski definition) is 4. The van der Waals surface area contributed by atoms with Crippen molar-refractivity contribution in [2.75, 3.05) is 6.54 Å². The number of amides is 1. The summed E-state index contributed by atoms with van der Waals surface area (Å²) in [4.78, 5) is 14.3. The zero-order valence-corrected chi connectivity index (χ0v) is 11.4. The third kappa shape index (κ3) is 2.78. The molecular formula is C13H21N5O. The van der Waals surface area contributed by atoms with Crippen molar-refractivity contribution in [3.63, 3.8) is 0 Å². The van der Waals surface area contributed by atoms with Crippen LogP contribution in [-0.2, 0) is 17.9 Å². The molecule has 0 radical (unpaired) electrons. The fourth-order valence-electron chi connectivity index (χ4n) is 2.62. The molecule has 19 heavy (non-hydrogen) atoms. The molecule has 1 saturated heterocycles. The Bertz CT molecular complexity index is 454. The van der Waals surface area contributed by atoms with E-state index in [1.807, 2.05) is 9.47 Å². The van der Waals surface area contributed by atoms with E-state index in [0.29, 0.717) is 12.6 Å². The molecule has 1 saturated carbocycles. The Morgan fingerprint density at radius 3 is 3.00 bits per heavy atom. The zero-order chi connectivity index (χ0) is 13.2. The molecular weight excluding hydrogens is 242 g/mol. The van der Waals surface area contributed by atoms with Gasteiger partial charge in [-0.05, 0) is 32.6 Å². The Balaban J connectivity index is 1.64. The van der Waals surface area contributed by atoms with E-state index in [2.05, 4.69) is 22.4 Å². The standard InChI is InChI=1S/C13H21N5O/c1-2-17-9-14-16-12(17)8-18-7-3-4-11(13(18)19)15-10-5-6-10/h9-11,15H,2-8H2,1H3. The van der Waals surface area contributed by atoms with Crippen molar-refractivity contribution in [1.29, 1.82) is 0 Å². The van der Waals surface area contributed by atoms with Crippen molar-refractivity contribution >= 4 is 5.91 Å². The molecule has 1 aromatic heterocycles. The quantitative estimate of drug-likeness (QED) is 0.842. The molecule has 6 heteroatoms. The Hall–Kier alpha value is -1.43. The van der Waals surface area contributed by atoms with Gasteiger partial charge in [0.2, 0.25) is 5.91 Å². The molecule has 2 fully saturated rings. The molecule has 1 aromatic rings. The van der Waals surface area contributed by atoms with Gasteiger partial charge in [0, 0.05) is 19.1 Å². The maximum atomic E-state index is 12.4. The second kappa shape index (κ2) is 5.28. The van der Waals surface area contributed by atoms with E-state index in [0.717, 1.165) is 31.8 Å². The van der Waals surface area contributed by atoms with E-state index in [-0.39, 0.29) is 11.9 Å². The molecule has 1 atom stereocenters. The number of aryl methyl sites for hydroxylation is 1. The topological polar surface area (TPSA) is 63.1 Å². The lowest BCUT2D eigenvalue weighted by Gasteiger charge is -2.32. The molecule has 1 aliphatic carbocycles. The van der Waals surface area contributed by atoms with Gasteiger partial charge in [0.05, 0.1) is 12.6 Å². The zero-order valence-electron chi connectivity index (χ0n) is 11.4. The highest BCUT2D eigenvalue weighted by Crippen LogP contribution is 2.23. The van der Waals surface area contributed by atoms with Crippen LogP contribution in [0.2, 0.25) is 0 Å². The normalized spacial score (nSPS) is 23.9. The summed E-state index contributed by atoms with van der Waals surface area (Å²) in [6.07, 6.45) is 6.19. The predicted octanol–water partition coefficient (Wildman–Crippen LogP) is 0.541. The highest BCUT2D eigenvalue weighted by atomic mass is 16.2. The summed E-state index contributed by atoms with van der Waals surface area (Å²) in [7, 11) is 0. The van der Waals surface area contributed by atoms with Crippen LogP contribution in [0.3, 0.4) is 0 Å². The van der Waals surface area contributed by atoms with Crippen molar-refractivity contribution in [2.45, 2.75) is 57.8 Å². The van der Waals surface area contributed by atoms with Gasteiger partial charge in [0.1, 0.15) is 6.33 Å². The lowest BCUT2D eigenvalue weighted by Crippen LogP contribution is -2.51. The number of aromatic nitrogens is 3. The van der Waals surface area contributed by atoms with E-state index >= 15 is 0 Å². The first-order valence-electron chi connectivity index (χ1n) is 7.19. The lowest BCUT2D eigenvalue weighted by atomic mass is 10.0. The van der Waals surface area contributed by atoms with Crippen LogP contribution in [-0.4, -0.2) is 44.2 Å². The van der Waals surface area contributed by atoms with Crippen molar-refractivity contribution in [2.24, 2.45) is 0 Å². The molecule has 3 rings (SSSR count). The van der Waals surface area contributed by atoms with Crippen molar-refractivity contribution in [3.05, 3.63) is 12.2 Å². The van der Waals surface area contributed by atoms with Crippen LogP contribution in [0.4, 0.5) is 0 Å². The van der Waals surface area contributed by atoms with Crippen molar-refractivity contribution in [1.82, 2.24) is 25.0 Å². The van der Waals surface area contributed by atoms with Crippen LogP contribution < -0.4 is 5.32 Å². The summed E-state index contributed by atoms with van der Waals surface area (Å²) in [6, 6.07) is 0.590. The summed E-state index contributed by atoms with van der Waals surface area (Å²) in [5.74, 6) is 1.10. The number of carbonyl (C=O) groups excluding carboxylic acids is 1. The third-order valence-electron chi connectivity index (χ3n) is 3.91. The van der Waals surface area contributed by atoms with Crippen LogP contribution in [0.25, 0.3) is 0 Å². The number of likely N-dealkylation sites (tertiary alicyclic amines) is 1. The minimum atomic E-state index is 0.0132. The monoisotopic (exact) mass is 263 g/mol. The lowest BCUT2D eigenvalue weighted by molar-refractivity contribution is -0.136.